The van der Waals surface area contributed by atoms with E-state index in [0.717, 1.165) is 42.8 Å². The van der Waals surface area contributed by atoms with Gasteiger partial charge in [-0.2, -0.15) is 0 Å². The summed E-state index contributed by atoms with van der Waals surface area (Å²) in [6, 6.07) is 11.0. The molecule has 0 amide bonds. The summed E-state index contributed by atoms with van der Waals surface area (Å²) >= 11 is 0.920. The molecule has 134 valence electrons. The Morgan fingerprint density at radius 3 is 2.52 bits per heavy atom. The third kappa shape index (κ3) is 4.27. The molecule has 3 rings (SSSR count). The first-order chi connectivity index (χ1) is 12.0. The van der Waals surface area contributed by atoms with Crippen molar-refractivity contribution in [2.75, 3.05) is 19.6 Å². The lowest BCUT2D eigenvalue weighted by Gasteiger charge is -2.28. The fourth-order valence-electron chi connectivity index (χ4n) is 3.02. The van der Waals surface area contributed by atoms with Gasteiger partial charge < -0.3 is 5.11 Å². The Morgan fingerprint density at radius 1 is 1.24 bits per heavy atom. The monoisotopic (exact) mass is 380 g/mol. The molecule has 1 aliphatic heterocycles. The van der Waals surface area contributed by atoms with E-state index in [2.05, 4.69) is 9.62 Å². The Kier molecular flexibility index (Phi) is 5.53. The number of benzene rings is 1. The highest BCUT2D eigenvalue weighted by Crippen LogP contribution is 2.26. The van der Waals surface area contributed by atoms with Crippen LogP contribution in [0.3, 0.4) is 0 Å². The molecule has 1 atom stereocenters. The number of likely N-dealkylation sites (tertiary alicyclic amines) is 1. The van der Waals surface area contributed by atoms with E-state index in [1.54, 1.807) is 0 Å². The van der Waals surface area contributed by atoms with E-state index >= 15 is 0 Å². The van der Waals surface area contributed by atoms with Gasteiger partial charge in [-0.15, -0.1) is 11.3 Å². The number of thiophene rings is 1. The van der Waals surface area contributed by atoms with Crippen LogP contribution in [0.2, 0.25) is 0 Å². The quantitative estimate of drug-likeness (QED) is 0.771. The first-order valence-corrected chi connectivity index (χ1v) is 10.4. The summed E-state index contributed by atoms with van der Waals surface area (Å²) in [5.41, 5.74) is 1.06. The molecular formula is C17H20N2O4S2. The van der Waals surface area contributed by atoms with Gasteiger partial charge in [0.1, 0.15) is 4.21 Å². The summed E-state index contributed by atoms with van der Waals surface area (Å²) in [6.07, 6.45) is 2.23. The van der Waals surface area contributed by atoms with E-state index in [0.29, 0.717) is 0 Å². The van der Waals surface area contributed by atoms with Crippen LogP contribution < -0.4 is 4.72 Å². The number of rotatable bonds is 7. The van der Waals surface area contributed by atoms with Crippen LogP contribution in [0.25, 0.3) is 0 Å². The topological polar surface area (TPSA) is 86.7 Å². The standard InChI is InChI=1S/C17H20N2O4S2/c20-17(21)14-10-16(24-12-14)25(22,23)18-11-15(19-8-4-5-9-19)13-6-2-1-3-7-13/h1-3,6-7,10,12,15,18H,4-5,8-9,11H2,(H,20,21). The number of hydrogen-bond acceptors (Lipinski definition) is 5. The number of sulfonamides is 1. The molecule has 1 unspecified atom stereocenters. The summed E-state index contributed by atoms with van der Waals surface area (Å²) in [5, 5.41) is 10.3. The van der Waals surface area contributed by atoms with E-state index in [1.807, 2.05) is 30.3 Å². The van der Waals surface area contributed by atoms with E-state index < -0.39 is 16.0 Å². The maximum atomic E-state index is 12.5. The zero-order valence-corrected chi connectivity index (χ0v) is 15.2. The predicted octanol–water partition coefficient (Wildman–Crippen LogP) is 2.56. The van der Waals surface area contributed by atoms with Crippen LogP contribution in [0, 0.1) is 0 Å². The van der Waals surface area contributed by atoms with Gasteiger partial charge in [-0.1, -0.05) is 30.3 Å². The van der Waals surface area contributed by atoms with Crippen LogP contribution in [0.1, 0.15) is 34.8 Å². The van der Waals surface area contributed by atoms with Crippen molar-refractivity contribution in [2.45, 2.75) is 23.1 Å². The minimum Gasteiger partial charge on any atom is -0.478 e. The van der Waals surface area contributed by atoms with E-state index in [-0.39, 0.29) is 22.4 Å². The SMILES string of the molecule is O=C(O)c1csc(S(=O)(=O)NCC(c2ccccc2)N2CCCC2)c1. The van der Waals surface area contributed by atoms with E-state index in [9.17, 15) is 13.2 Å². The number of nitrogens with one attached hydrogen (secondary N) is 1. The lowest BCUT2D eigenvalue weighted by Crippen LogP contribution is -2.36. The van der Waals surface area contributed by atoms with Gasteiger partial charge in [-0.3, -0.25) is 4.90 Å². The van der Waals surface area contributed by atoms with Gasteiger partial charge in [0.2, 0.25) is 10.0 Å². The van der Waals surface area contributed by atoms with Crippen LogP contribution in [0.15, 0.2) is 46.0 Å². The fourth-order valence-corrected chi connectivity index (χ4v) is 5.25. The largest absolute Gasteiger partial charge is 0.478 e. The molecule has 0 saturated carbocycles. The lowest BCUT2D eigenvalue weighted by molar-refractivity contribution is 0.0697. The highest BCUT2D eigenvalue weighted by molar-refractivity contribution is 7.91. The second kappa shape index (κ2) is 7.65. The van der Waals surface area contributed by atoms with Crippen molar-refractivity contribution in [2.24, 2.45) is 0 Å². The van der Waals surface area contributed by atoms with Gasteiger partial charge in [0.25, 0.3) is 0 Å². The summed E-state index contributed by atoms with van der Waals surface area (Å²) in [6.45, 7) is 2.15. The predicted molar refractivity (Wildman–Crippen MR) is 96.5 cm³/mol. The summed E-state index contributed by atoms with van der Waals surface area (Å²) in [4.78, 5) is 13.2. The van der Waals surface area contributed by atoms with Gasteiger partial charge in [0, 0.05) is 18.0 Å². The van der Waals surface area contributed by atoms with Crippen molar-refractivity contribution in [3.63, 3.8) is 0 Å². The van der Waals surface area contributed by atoms with Crippen molar-refractivity contribution in [3.05, 3.63) is 52.9 Å². The summed E-state index contributed by atoms with van der Waals surface area (Å²) in [5.74, 6) is -1.13. The Morgan fingerprint density at radius 2 is 1.92 bits per heavy atom. The van der Waals surface area contributed by atoms with Crippen molar-refractivity contribution in [1.82, 2.24) is 9.62 Å². The maximum absolute atomic E-state index is 12.5. The normalized spacial score (nSPS) is 16.8. The minimum absolute atomic E-state index is 0.00970. The third-order valence-corrected chi connectivity index (χ3v) is 7.18. The zero-order valence-electron chi connectivity index (χ0n) is 13.6. The fraction of sp³-hybridized carbons (Fsp3) is 0.353. The summed E-state index contributed by atoms with van der Waals surface area (Å²) in [7, 11) is -3.73. The molecule has 0 radical (unpaired) electrons. The number of carboxylic acids is 1. The summed E-state index contributed by atoms with van der Waals surface area (Å²) < 4.78 is 27.7. The number of hydrogen-bond donors (Lipinski definition) is 2. The molecule has 0 bridgehead atoms. The maximum Gasteiger partial charge on any atom is 0.336 e. The molecule has 8 heteroatoms. The van der Waals surface area contributed by atoms with Gasteiger partial charge in [0.15, 0.2) is 0 Å². The molecular weight excluding hydrogens is 360 g/mol. The lowest BCUT2D eigenvalue weighted by atomic mass is 10.1. The van der Waals surface area contributed by atoms with Crippen molar-refractivity contribution >= 4 is 27.3 Å². The van der Waals surface area contributed by atoms with Crippen LogP contribution in [-0.4, -0.2) is 44.0 Å². The van der Waals surface area contributed by atoms with Crippen molar-refractivity contribution in [3.8, 4) is 0 Å². The third-order valence-electron chi connectivity index (χ3n) is 4.32. The molecule has 6 nitrogen and oxygen atoms in total. The molecule has 25 heavy (non-hydrogen) atoms. The first kappa shape index (κ1) is 18.1. The Labute approximate surface area is 151 Å². The second-order valence-electron chi connectivity index (χ2n) is 5.98. The molecule has 1 aromatic heterocycles. The zero-order chi connectivity index (χ0) is 17.9. The highest BCUT2D eigenvalue weighted by Gasteiger charge is 2.26. The molecule has 1 aromatic carbocycles. The van der Waals surface area contributed by atoms with Gasteiger partial charge in [-0.25, -0.2) is 17.9 Å². The Bertz CT molecular complexity index is 827. The highest BCUT2D eigenvalue weighted by atomic mass is 32.2. The Hall–Kier alpha value is -1.74. The van der Waals surface area contributed by atoms with Crippen LogP contribution in [0.4, 0.5) is 0 Å². The van der Waals surface area contributed by atoms with Crippen molar-refractivity contribution < 1.29 is 18.3 Å². The molecule has 1 saturated heterocycles. The number of carbonyl (C=O) groups is 1. The van der Waals surface area contributed by atoms with Crippen LogP contribution >= 0.6 is 11.3 Å². The average molecular weight is 380 g/mol. The first-order valence-electron chi connectivity index (χ1n) is 8.08. The molecule has 2 aromatic rings. The average Bonchev–Trinajstić information content (AvgIpc) is 3.28. The second-order valence-corrected chi connectivity index (χ2v) is 8.89. The number of aromatic carboxylic acids is 1. The van der Waals surface area contributed by atoms with Gasteiger partial charge in [0.05, 0.1) is 5.56 Å². The van der Waals surface area contributed by atoms with Crippen molar-refractivity contribution in [1.29, 1.82) is 0 Å². The molecule has 1 aliphatic rings. The molecule has 0 spiro atoms. The van der Waals surface area contributed by atoms with Crippen LogP contribution in [-0.2, 0) is 10.0 Å². The Balaban J connectivity index is 1.76. The smallest absolute Gasteiger partial charge is 0.336 e. The number of nitrogens with zero attached hydrogens (tertiary/aromatic N) is 1. The molecule has 2 N–H and O–H groups in total. The molecule has 2 heterocycles. The van der Waals surface area contributed by atoms with E-state index in [4.69, 9.17) is 5.11 Å². The van der Waals surface area contributed by atoms with Gasteiger partial charge in [-0.05, 0) is 37.6 Å². The minimum atomic E-state index is -3.73. The number of carboxylic acid groups (broad SMARTS) is 1. The van der Waals surface area contributed by atoms with Crippen LogP contribution in [0.5, 0.6) is 0 Å². The molecule has 0 aliphatic carbocycles. The van der Waals surface area contributed by atoms with E-state index in [1.165, 1.54) is 11.4 Å². The van der Waals surface area contributed by atoms with Gasteiger partial charge >= 0.3 is 5.97 Å². The molecule has 1 fully saturated rings.